The number of benzene rings is 2. The van der Waals surface area contributed by atoms with Gasteiger partial charge in [0.05, 0.1) is 21.2 Å². The predicted octanol–water partition coefficient (Wildman–Crippen LogP) is 3.60. The molecule has 0 saturated carbocycles. The fourth-order valence-corrected chi connectivity index (χ4v) is 4.75. The Hall–Kier alpha value is -2.09. The molecule has 8 heteroatoms. The number of rotatable bonds is 7. The van der Waals surface area contributed by atoms with Crippen LogP contribution in [-0.2, 0) is 10.0 Å². The van der Waals surface area contributed by atoms with E-state index in [1.54, 1.807) is 18.2 Å². The summed E-state index contributed by atoms with van der Waals surface area (Å²) >= 11 is 6.24. The lowest BCUT2D eigenvalue weighted by molar-refractivity contribution is 0.0949. The number of anilines is 1. The van der Waals surface area contributed by atoms with Crippen LogP contribution in [0.3, 0.4) is 0 Å². The fraction of sp³-hybridized carbons (Fsp3) is 0.381. The Morgan fingerprint density at radius 1 is 1.14 bits per heavy atom. The van der Waals surface area contributed by atoms with Gasteiger partial charge in [0, 0.05) is 6.54 Å². The molecule has 3 rings (SSSR count). The molecule has 0 radical (unpaired) electrons. The first-order valence-electron chi connectivity index (χ1n) is 9.69. The molecule has 6 nitrogen and oxygen atoms in total. The topological polar surface area (TPSA) is 78.5 Å². The summed E-state index contributed by atoms with van der Waals surface area (Å²) in [5.74, 6) is 0.386. The van der Waals surface area contributed by atoms with Crippen LogP contribution < -0.4 is 10.0 Å². The van der Waals surface area contributed by atoms with Gasteiger partial charge in [-0.05, 0) is 75.6 Å². The minimum absolute atomic E-state index is 0.159. The van der Waals surface area contributed by atoms with Crippen molar-refractivity contribution in [3.63, 3.8) is 0 Å². The van der Waals surface area contributed by atoms with Crippen LogP contribution in [0.25, 0.3) is 0 Å². The lowest BCUT2D eigenvalue weighted by atomic mass is 9.94. The molecule has 1 saturated heterocycles. The maximum atomic E-state index is 12.4. The summed E-state index contributed by atoms with van der Waals surface area (Å²) in [6.45, 7) is 2.81. The van der Waals surface area contributed by atoms with Crippen molar-refractivity contribution in [2.24, 2.45) is 5.92 Å². The molecular weight excluding hydrogens is 410 g/mol. The van der Waals surface area contributed by atoms with Gasteiger partial charge in [0.2, 0.25) is 0 Å². The van der Waals surface area contributed by atoms with Crippen LogP contribution in [0, 0.1) is 5.92 Å². The largest absolute Gasteiger partial charge is 0.352 e. The number of sulfonamides is 1. The normalized spacial score (nSPS) is 15.8. The number of nitrogens with zero attached hydrogens (tertiary/aromatic N) is 1. The lowest BCUT2D eigenvalue weighted by Gasteiger charge is -2.28. The summed E-state index contributed by atoms with van der Waals surface area (Å²) in [4.78, 5) is 14.9. The Kier molecular flexibility index (Phi) is 7.16. The van der Waals surface area contributed by atoms with Crippen LogP contribution in [-0.4, -0.2) is 45.9 Å². The van der Waals surface area contributed by atoms with Crippen molar-refractivity contribution in [1.29, 1.82) is 0 Å². The van der Waals surface area contributed by atoms with Gasteiger partial charge in [-0.3, -0.25) is 9.52 Å². The number of hydrogen-bond donors (Lipinski definition) is 2. The third kappa shape index (κ3) is 5.95. The molecule has 2 aromatic carbocycles. The minimum Gasteiger partial charge on any atom is -0.352 e. The van der Waals surface area contributed by atoms with Crippen LogP contribution >= 0.6 is 11.6 Å². The number of carbonyl (C=O) groups is 1. The van der Waals surface area contributed by atoms with Crippen molar-refractivity contribution in [2.75, 3.05) is 31.4 Å². The molecule has 0 unspecified atom stereocenters. The Morgan fingerprint density at radius 2 is 1.83 bits per heavy atom. The molecule has 1 heterocycles. The third-order valence-corrected chi connectivity index (χ3v) is 6.91. The van der Waals surface area contributed by atoms with Gasteiger partial charge in [0.15, 0.2) is 0 Å². The average Bonchev–Trinajstić information content (AvgIpc) is 2.70. The highest BCUT2D eigenvalue weighted by atomic mass is 35.5. The summed E-state index contributed by atoms with van der Waals surface area (Å²) in [6, 6.07) is 12.6. The number of piperidine rings is 1. The summed E-state index contributed by atoms with van der Waals surface area (Å²) in [5.41, 5.74) is 0.638. The van der Waals surface area contributed by atoms with Crippen LogP contribution in [0.5, 0.6) is 0 Å². The highest BCUT2D eigenvalue weighted by Gasteiger charge is 2.18. The molecule has 1 aliphatic heterocycles. The Morgan fingerprint density at radius 3 is 2.48 bits per heavy atom. The predicted molar refractivity (Wildman–Crippen MR) is 116 cm³/mol. The van der Waals surface area contributed by atoms with E-state index in [4.69, 9.17) is 11.6 Å². The summed E-state index contributed by atoms with van der Waals surface area (Å²) in [5, 5.41) is 3.12. The Bertz CT molecular complexity index is 943. The van der Waals surface area contributed by atoms with E-state index >= 15 is 0 Å². The van der Waals surface area contributed by atoms with E-state index in [2.05, 4.69) is 22.0 Å². The second kappa shape index (κ2) is 9.61. The van der Waals surface area contributed by atoms with Crippen molar-refractivity contribution in [3.05, 3.63) is 59.1 Å². The van der Waals surface area contributed by atoms with Crippen LogP contribution in [0.15, 0.2) is 53.4 Å². The first-order chi connectivity index (χ1) is 13.8. The molecule has 0 aromatic heterocycles. The number of hydrogen-bond acceptors (Lipinski definition) is 4. The van der Waals surface area contributed by atoms with Gasteiger partial charge in [0.1, 0.15) is 0 Å². The van der Waals surface area contributed by atoms with E-state index in [9.17, 15) is 13.2 Å². The van der Waals surface area contributed by atoms with Gasteiger partial charge in [0.25, 0.3) is 15.9 Å². The monoisotopic (exact) mass is 435 g/mol. The SMILES string of the molecule is CN1CCC(CCNC(=O)c2ccc(NS(=O)(=O)c3ccccc3)cc2Cl)CC1. The van der Waals surface area contributed by atoms with Gasteiger partial charge >= 0.3 is 0 Å². The van der Waals surface area contributed by atoms with E-state index in [0.717, 1.165) is 32.4 Å². The maximum absolute atomic E-state index is 12.4. The second-order valence-electron chi connectivity index (χ2n) is 7.40. The molecule has 0 atom stereocenters. The zero-order valence-electron chi connectivity index (χ0n) is 16.4. The molecule has 1 amide bonds. The standard InChI is InChI=1S/C21H26ClN3O3S/c1-25-13-10-16(11-14-25)9-12-23-21(26)19-8-7-17(15-20(19)22)24-29(27,28)18-5-3-2-4-6-18/h2-8,15-16,24H,9-14H2,1H3,(H,23,26). The number of likely N-dealkylation sites (tertiary alicyclic amines) is 1. The van der Waals surface area contributed by atoms with Crippen molar-refractivity contribution < 1.29 is 13.2 Å². The first-order valence-corrected chi connectivity index (χ1v) is 11.6. The van der Waals surface area contributed by atoms with Crippen LogP contribution in [0.4, 0.5) is 5.69 Å². The quantitative estimate of drug-likeness (QED) is 0.696. The van der Waals surface area contributed by atoms with E-state index < -0.39 is 10.0 Å². The average molecular weight is 436 g/mol. The van der Waals surface area contributed by atoms with E-state index in [1.165, 1.54) is 30.3 Å². The smallest absolute Gasteiger partial charge is 0.261 e. The highest BCUT2D eigenvalue weighted by Crippen LogP contribution is 2.24. The highest BCUT2D eigenvalue weighted by molar-refractivity contribution is 7.92. The molecule has 29 heavy (non-hydrogen) atoms. The first kappa shape index (κ1) is 21.6. The van der Waals surface area contributed by atoms with E-state index in [0.29, 0.717) is 23.7 Å². The molecule has 156 valence electrons. The Balaban J connectivity index is 1.57. The lowest BCUT2D eigenvalue weighted by Crippen LogP contribution is -2.32. The molecule has 2 aromatic rings. The van der Waals surface area contributed by atoms with Crippen molar-refractivity contribution in [1.82, 2.24) is 10.2 Å². The van der Waals surface area contributed by atoms with Crippen LogP contribution in [0.2, 0.25) is 5.02 Å². The van der Waals surface area contributed by atoms with Crippen LogP contribution in [0.1, 0.15) is 29.6 Å². The van der Waals surface area contributed by atoms with Gasteiger partial charge in [-0.1, -0.05) is 29.8 Å². The summed E-state index contributed by atoms with van der Waals surface area (Å²) < 4.78 is 27.3. The number of carbonyl (C=O) groups excluding carboxylic acids is 1. The summed E-state index contributed by atoms with van der Waals surface area (Å²) in [7, 11) is -1.58. The van der Waals surface area contributed by atoms with Gasteiger partial charge in [-0.25, -0.2) is 8.42 Å². The third-order valence-electron chi connectivity index (χ3n) is 5.20. The second-order valence-corrected chi connectivity index (χ2v) is 9.49. The number of halogens is 1. The molecular formula is C21H26ClN3O3S. The molecule has 0 aliphatic carbocycles. The molecule has 2 N–H and O–H groups in total. The zero-order valence-corrected chi connectivity index (χ0v) is 18.0. The maximum Gasteiger partial charge on any atom is 0.261 e. The van der Waals surface area contributed by atoms with Crippen molar-refractivity contribution >= 4 is 33.2 Å². The van der Waals surface area contributed by atoms with Crippen molar-refractivity contribution in [3.8, 4) is 0 Å². The van der Waals surface area contributed by atoms with Gasteiger partial charge in [-0.15, -0.1) is 0 Å². The fourth-order valence-electron chi connectivity index (χ4n) is 3.41. The molecule has 1 aliphatic rings. The molecule has 1 fully saturated rings. The molecule has 0 bridgehead atoms. The van der Waals surface area contributed by atoms with Crippen molar-refractivity contribution in [2.45, 2.75) is 24.2 Å². The van der Waals surface area contributed by atoms with E-state index in [1.807, 2.05) is 0 Å². The van der Waals surface area contributed by atoms with Gasteiger partial charge < -0.3 is 10.2 Å². The number of amides is 1. The van der Waals surface area contributed by atoms with E-state index in [-0.39, 0.29) is 15.8 Å². The molecule has 0 spiro atoms. The summed E-state index contributed by atoms with van der Waals surface area (Å²) in [6.07, 6.45) is 3.26. The van der Waals surface area contributed by atoms with Gasteiger partial charge in [-0.2, -0.15) is 0 Å². The number of nitrogens with one attached hydrogen (secondary N) is 2. The zero-order chi connectivity index (χ0) is 20.9. The Labute approximate surface area is 177 Å². The minimum atomic E-state index is -3.71.